The van der Waals surface area contributed by atoms with Gasteiger partial charge in [0, 0.05) is 20.2 Å². The Morgan fingerprint density at radius 3 is 2.57 bits per heavy atom. The van der Waals surface area contributed by atoms with Crippen LogP contribution in [-0.4, -0.2) is 45.2 Å². The predicted molar refractivity (Wildman–Crippen MR) is 77.7 cm³/mol. The van der Waals surface area contributed by atoms with E-state index in [9.17, 15) is 9.59 Å². The van der Waals surface area contributed by atoms with Gasteiger partial charge in [-0.05, 0) is 17.7 Å². The Morgan fingerprint density at radius 2 is 1.95 bits per heavy atom. The van der Waals surface area contributed by atoms with Crippen molar-refractivity contribution in [2.24, 2.45) is 5.73 Å². The van der Waals surface area contributed by atoms with E-state index in [-0.39, 0.29) is 19.1 Å². The van der Waals surface area contributed by atoms with Crippen LogP contribution in [0.1, 0.15) is 5.56 Å². The molecule has 0 radical (unpaired) electrons. The summed E-state index contributed by atoms with van der Waals surface area (Å²) >= 11 is 0. The van der Waals surface area contributed by atoms with Crippen LogP contribution >= 0.6 is 0 Å². The maximum Gasteiger partial charge on any atom is 0.255 e. The second-order valence-corrected chi connectivity index (χ2v) is 4.35. The molecule has 0 aliphatic carbocycles. The molecule has 21 heavy (non-hydrogen) atoms. The number of primary amides is 1. The van der Waals surface area contributed by atoms with E-state index >= 15 is 0 Å². The third-order valence-electron chi connectivity index (χ3n) is 2.55. The predicted octanol–water partition coefficient (Wildman–Crippen LogP) is -0.597. The van der Waals surface area contributed by atoms with Crippen molar-refractivity contribution in [3.63, 3.8) is 0 Å². The van der Waals surface area contributed by atoms with Crippen molar-refractivity contribution in [3.8, 4) is 5.75 Å². The molecule has 0 heterocycles. The van der Waals surface area contributed by atoms with E-state index in [0.717, 1.165) is 5.56 Å². The number of nitrogens with one attached hydrogen (secondary N) is 2. The van der Waals surface area contributed by atoms with Crippen LogP contribution in [0.2, 0.25) is 0 Å². The molecule has 0 aliphatic rings. The van der Waals surface area contributed by atoms with Crippen molar-refractivity contribution in [1.29, 1.82) is 0 Å². The molecule has 0 aromatic heterocycles. The van der Waals surface area contributed by atoms with Crippen LogP contribution in [0.3, 0.4) is 0 Å². The molecule has 4 N–H and O–H groups in total. The molecule has 0 bridgehead atoms. The quantitative estimate of drug-likeness (QED) is 0.500. The lowest BCUT2D eigenvalue weighted by Crippen LogP contribution is -2.35. The summed E-state index contributed by atoms with van der Waals surface area (Å²) in [6.45, 7) is 1.66. The lowest BCUT2D eigenvalue weighted by Gasteiger charge is -2.07. The van der Waals surface area contributed by atoms with E-state index < -0.39 is 5.91 Å². The monoisotopic (exact) mass is 295 g/mol. The number of hydrogen-bond acceptors (Lipinski definition) is 5. The van der Waals surface area contributed by atoms with E-state index in [1.165, 1.54) is 0 Å². The lowest BCUT2D eigenvalue weighted by molar-refractivity contribution is -0.121. The smallest absolute Gasteiger partial charge is 0.255 e. The Hall–Kier alpha value is -2.12. The van der Waals surface area contributed by atoms with Crippen molar-refractivity contribution in [2.45, 2.75) is 6.54 Å². The molecule has 0 saturated carbocycles. The first-order valence-electron chi connectivity index (χ1n) is 6.58. The Balaban J connectivity index is 2.23. The summed E-state index contributed by atoms with van der Waals surface area (Å²) in [4.78, 5) is 22.0. The van der Waals surface area contributed by atoms with Gasteiger partial charge < -0.3 is 25.8 Å². The molecule has 7 nitrogen and oxygen atoms in total. The first-order chi connectivity index (χ1) is 10.1. The summed E-state index contributed by atoms with van der Waals surface area (Å²) < 4.78 is 9.99. The lowest BCUT2D eigenvalue weighted by atomic mass is 10.2. The van der Waals surface area contributed by atoms with Gasteiger partial charge in [-0.2, -0.15) is 0 Å². The fourth-order valence-electron chi connectivity index (χ4n) is 1.53. The van der Waals surface area contributed by atoms with E-state index in [1.54, 1.807) is 19.2 Å². The molecular weight excluding hydrogens is 274 g/mol. The van der Waals surface area contributed by atoms with Crippen molar-refractivity contribution < 1.29 is 19.1 Å². The van der Waals surface area contributed by atoms with Crippen LogP contribution in [0.25, 0.3) is 0 Å². The zero-order chi connectivity index (χ0) is 15.5. The molecule has 0 unspecified atom stereocenters. The molecule has 0 saturated heterocycles. The van der Waals surface area contributed by atoms with Crippen molar-refractivity contribution in [2.75, 3.05) is 33.4 Å². The number of methoxy groups -OCH3 is 1. The summed E-state index contributed by atoms with van der Waals surface area (Å²) in [6.07, 6.45) is 0. The molecular formula is C14H21N3O4. The van der Waals surface area contributed by atoms with Gasteiger partial charge in [-0.15, -0.1) is 0 Å². The Kier molecular flexibility index (Phi) is 7.85. The highest BCUT2D eigenvalue weighted by Gasteiger charge is 2.01. The highest BCUT2D eigenvalue weighted by atomic mass is 16.5. The van der Waals surface area contributed by atoms with E-state index in [1.807, 2.05) is 12.1 Å². The number of carbonyl (C=O) groups is 2. The van der Waals surface area contributed by atoms with Crippen molar-refractivity contribution in [3.05, 3.63) is 29.8 Å². The Morgan fingerprint density at radius 1 is 1.24 bits per heavy atom. The molecule has 0 aliphatic heterocycles. The Bertz CT molecular complexity index is 448. The highest BCUT2D eigenvalue weighted by molar-refractivity contribution is 5.77. The number of benzene rings is 1. The van der Waals surface area contributed by atoms with Gasteiger partial charge in [-0.25, -0.2) is 0 Å². The molecule has 116 valence electrons. The second kappa shape index (κ2) is 9.73. The van der Waals surface area contributed by atoms with Gasteiger partial charge in [0.25, 0.3) is 5.91 Å². The first kappa shape index (κ1) is 16.9. The fourth-order valence-corrected chi connectivity index (χ4v) is 1.53. The van der Waals surface area contributed by atoms with Gasteiger partial charge in [-0.3, -0.25) is 9.59 Å². The summed E-state index contributed by atoms with van der Waals surface area (Å²) in [5.74, 6) is -0.0106. The molecule has 2 amide bonds. The maximum absolute atomic E-state index is 11.4. The SMILES string of the molecule is COCCNC(=O)CNCc1ccc(OCC(N)=O)cc1. The normalized spacial score (nSPS) is 10.1. The first-order valence-corrected chi connectivity index (χ1v) is 6.58. The van der Waals surface area contributed by atoms with E-state index in [0.29, 0.717) is 25.4 Å². The zero-order valence-corrected chi connectivity index (χ0v) is 12.1. The van der Waals surface area contributed by atoms with Gasteiger partial charge in [-0.1, -0.05) is 12.1 Å². The van der Waals surface area contributed by atoms with Crippen LogP contribution in [0.5, 0.6) is 5.75 Å². The third kappa shape index (κ3) is 7.91. The average molecular weight is 295 g/mol. The van der Waals surface area contributed by atoms with Gasteiger partial charge in [0.15, 0.2) is 6.61 Å². The number of amides is 2. The number of nitrogens with two attached hydrogens (primary N) is 1. The Labute approximate surface area is 123 Å². The highest BCUT2D eigenvalue weighted by Crippen LogP contribution is 2.11. The number of carbonyl (C=O) groups excluding carboxylic acids is 2. The molecule has 0 spiro atoms. The second-order valence-electron chi connectivity index (χ2n) is 4.35. The van der Waals surface area contributed by atoms with Gasteiger partial charge in [0.05, 0.1) is 13.2 Å². The third-order valence-corrected chi connectivity index (χ3v) is 2.55. The average Bonchev–Trinajstić information content (AvgIpc) is 2.46. The maximum atomic E-state index is 11.4. The summed E-state index contributed by atoms with van der Waals surface area (Å²) in [5, 5.41) is 5.75. The summed E-state index contributed by atoms with van der Waals surface area (Å²) in [5.41, 5.74) is 5.99. The zero-order valence-electron chi connectivity index (χ0n) is 12.1. The summed E-state index contributed by atoms with van der Waals surface area (Å²) in [7, 11) is 1.58. The molecule has 7 heteroatoms. The number of hydrogen-bond donors (Lipinski definition) is 3. The molecule has 0 fully saturated rings. The van der Waals surface area contributed by atoms with Crippen LogP contribution < -0.4 is 21.1 Å². The fraction of sp³-hybridized carbons (Fsp3) is 0.429. The largest absolute Gasteiger partial charge is 0.484 e. The minimum absolute atomic E-state index is 0.0755. The van der Waals surface area contributed by atoms with Crippen LogP contribution in [0.15, 0.2) is 24.3 Å². The molecule has 1 rings (SSSR count). The minimum atomic E-state index is -0.514. The van der Waals surface area contributed by atoms with E-state index in [2.05, 4.69) is 10.6 Å². The topological polar surface area (TPSA) is 103 Å². The van der Waals surface area contributed by atoms with Crippen LogP contribution in [-0.2, 0) is 20.9 Å². The molecule has 0 atom stereocenters. The molecule has 1 aromatic carbocycles. The van der Waals surface area contributed by atoms with Crippen LogP contribution in [0.4, 0.5) is 0 Å². The summed E-state index contributed by atoms with van der Waals surface area (Å²) in [6, 6.07) is 7.20. The standard InChI is InChI=1S/C14H21N3O4/c1-20-7-6-17-14(19)9-16-8-11-2-4-12(5-3-11)21-10-13(15)18/h2-5,16H,6-10H2,1H3,(H2,15,18)(H,17,19). The van der Waals surface area contributed by atoms with Gasteiger partial charge in [0.1, 0.15) is 5.75 Å². The minimum Gasteiger partial charge on any atom is -0.484 e. The van der Waals surface area contributed by atoms with Crippen molar-refractivity contribution >= 4 is 11.8 Å². The van der Waals surface area contributed by atoms with Gasteiger partial charge >= 0.3 is 0 Å². The molecule has 1 aromatic rings. The van der Waals surface area contributed by atoms with E-state index in [4.69, 9.17) is 15.2 Å². The number of ether oxygens (including phenoxy) is 2. The number of rotatable bonds is 10. The van der Waals surface area contributed by atoms with Crippen molar-refractivity contribution in [1.82, 2.24) is 10.6 Å². The van der Waals surface area contributed by atoms with Crippen LogP contribution in [0, 0.1) is 0 Å². The van der Waals surface area contributed by atoms with Gasteiger partial charge in [0.2, 0.25) is 5.91 Å².